The second kappa shape index (κ2) is 11.0. The highest BCUT2D eigenvalue weighted by Gasteiger charge is 2.41. The molecule has 9 heteroatoms. The van der Waals surface area contributed by atoms with Gasteiger partial charge < -0.3 is 10.6 Å². The zero-order valence-electron chi connectivity index (χ0n) is 20.5. The van der Waals surface area contributed by atoms with Crippen molar-refractivity contribution in [2.45, 2.75) is 63.2 Å². The summed E-state index contributed by atoms with van der Waals surface area (Å²) in [6.45, 7) is 5.34. The molecule has 190 valence electrons. The van der Waals surface area contributed by atoms with Crippen LogP contribution in [0.2, 0.25) is 5.02 Å². The number of nitrogens with zero attached hydrogens (tertiary/aromatic N) is 3. The van der Waals surface area contributed by atoms with E-state index in [0.717, 1.165) is 61.8 Å². The molecule has 0 aliphatic carbocycles. The second-order valence-corrected chi connectivity index (χ2v) is 11.9. The molecule has 5 rings (SSSR count). The summed E-state index contributed by atoms with van der Waals surface area (Å²) in [5, 5.41) is 10.6. The number of likely N-dealkylation sites (N-methyl/N-ethyl adjacent to an activating group) is 1. The van der Waals surface area contributed by atoms with Crippen LogP contribution in [-0.4, -0.2) is 59.4 Å². The van der Waals surface area contributed by atoms with Crippen LogP contribution in [0.1, 0.15) is 45.1 Å². The Morgan fingerprint density at radius 3 is 2.80 bits per heavy atom. The Morgan fingerprint density at radius 2 is 1.97 bits per heavy atom. The van der Waals surface area contributed by atoms with Gasteiger partial charge in [-0.05, 0) is 68.8 Å². The molecule has 0 radical (unpaired) electrons. The molecule has 0 saturated carbocycles. The lowest BCUT2D eigenvalue weighted by atomic mass is 9.80. The molecular weight excluding hydrogens is 528 g/mol. The van der Waals surface area contributed by atoms with Gasteiger partial charge in [0.05, 0.1) is 18.1 Å². The van der Waals surface area contributed by atoms with Gasteiger partial charge in [-0.25, -0.2) is 9.99 Å². The molecule has 1 aromatic carbocycles. The van der Waals surface area contributed by atoms with E-state index in [9.17, 15) is 4.79 Å². The zero-order chi connectivity index (χ0) is 24.5. The number of fused-ring (bicyclic) bond motifs is 4. The van der Waals surface area contributed by atoms with Crippen molar-refractivity contribution in [1.29, 1.82) is 0 Å². The van der Waals surface area contributed by atoms with Gasteiger partial charge in [0.25, 0.3) is 5.56 Å². The van der Waals surface area contributed by atoms with Gasteiger partial charge in [0, 0.05) is 52.8 Å². The maximum absolute atomic E-state index is 13.5. The Kier molecular flexibility index (Phi) is 7.96. The monoisotopic (exact) mass is 562 g/mol. The molecule has 7 nitrogen and oxygen atoms in total. The van der Waals surface area contributed by atoms with Crippen LogP contribution in [0.3, 0.4) is 0 Å². The van der Waals surface area contributed by atoms with Crippen molar-refractivity contribution in [1.82, 2.24) is 30.6 Å². The van der Waals surface area contributed by atoms with Crippen LogP contribution in [-0.2, 0) is 0 Å². The Morgan fingerprint density at radius 1 is 1.11 bits per heavy atom. The molecule has 0 spiro atoms. The first kappa shape index (κ1) is 25.4. The van der Waals surface area contributed by atoms with Gasteiger partial charge >= 0.3 is 0 Å². The van der Waals surface area contributed by atoms with Crippen molar-refractivity contribution in [2.75, 3.05) is 26.7 Å². The Labute approximate surface area is 221 Å². The number of rotatable bonds is 2. The summed E-state index contributed by atoms with van der Waals surface area (Å²) in [4.78, 5) is 18.2. The normalized spacial score (nSPS) is 32.5. The van der Waals surface area contributed by atoms with Gasteiger partial charge in [-0.3, -0.25) is 14.8 Å². The molecule has 3 saturated heterocycles. The molecule has 2 bridgehead atoms. The summed E-state index contributed by atoms with van der Waals surface area (Å²) < 4.78 is 2.76. The Hall–Kier alpha value is -1.29. The average molecular weight is 564 g/mol. The summed E-state index contributed by atoms with van der Waals surface area (Å²) >= 11 is 9.78. The van der Waals surface area contributed by atoms with E-state index in [2.05, 4.69) is 51.0 Å². The molecule has 6 atom stereocenters. The van der Waals surface area contributed by atoms with E-state index < -0.39 is 0 Å². The molecule has 2 aromatic rings. The molecule has 3 aliphatic heterocycles. The predicted octanol–water partition coefficient (Wildman–Crippen LogP) is 3.83. The van der Waals surface area contributed by atoms with Crippen molar-refractivity contribution in [3.8, 4) is 11.3 Å². The van der Waals surface area contributed by atoms with Crippen LogP contribution in [0.4, 0.5) is 0 Å². The number of hydrazine groups is 1. The fourth-order valence-electron chi connectivity index (χ4n) is 6.33. The maximum Gasteiger partial charge on any atom is 0.254 e. The summed E-state index contributed by atoms with van der Waals surface area (Å²) in [6, 6.07) is 8.48. The van der Waals surface area contributed by atoms with Crippen molar-refractivity contribution < 1.29 is 0 Å². The Bertz CT molecular complexity index is 1100. The van der Waals surface area contributed by atoms with E-state index in [1.165, 1.54) is 0 Å². The fraction of sp³-hybridized carbons (Fsp3) is 0.615. The molecule has 35 heavy (non-hydrogen) atoms. The van der Waals surface area contributed by atoms with Crippen molar-refractivity contribution in [3.63, 3.8) is 0 Å². The number of nitrogens with one attached hydrogen (secondary N) is 3. The first-order valence-electron chi connectivity index (χ1n) is 12.9. The van der Waals surface area contributed by atoms with Gasteiger partial charge in [0.15, 0.2) is 0 Å². The molecule has 1 aromatic heterocycles. The first-order chi connectivity index (χ1) is 16.9. The van der Waals surface area contributed by atoms with Gasteiger partial charge in [0.1, 0.15) is 0 Å². The van der Waals surface area contributed by atoms with E-state index in [1.54, 1.807) is 12.4 Å². The highest BCUT2D eigenvalue weighted by Crippen LogP contribution is 2.34. The molecule has 0 amide bonds. The molecule has 3 N–H and O–H groups in total. The van der Waals surface area contributed by atoms with Crippen molar-refractivity contribution in [3.05, 3.63) is 50.4 Å². The third kappa shape index (κ3) is 5.53. The summed E-state index contributed by atoms with van der Waals surface area (Å²) in [5.41, 5.74) is 5.03. The molecule has 3 aliphatic rings. The lowest BCUT2D eigenvalue weighted by Gasteiger charge is -2.42. The third-order valence-corrected chi connectivity index (χ3v) is 9.10. The fourth-order valence-corrected chi connectivity index (χ4v) is 6.95. The largest absolute Gasteiger partial charge is 0.312 e. The SMILES string of the molecule is C[C@@H]1CCC[C@H](n2cnc(-c3cc(Cl)ccc3Br)cc2=O)C2CC(CCN2)C2C(CNN2C)NC1. The lowest BCUT2D eigenvalue weighted by molar-refractivity contribution is 0.108. The average Bonchev–Trinajstić information content (AvgIpc) is 3.22. The van der Waals surface area contributed by atoms with Crippen molar-refractivity contribution in [2.24, 2.45) is 11.8 Å². The number of halogens is 2. The van der Waals surface area contributed by atoms with E-state index >= 15 is 0 Å². The Balaban J connectivity index is 1.46. The molecular formula is C26H36BrClN6O. The smallest absolute Gasteiger partial charge is 0.254 e. The van der Waals surface area contributed by atoms with Gasteiger partial charge in [-0.2, -0.15) is 0 Å². The lowest BCUT2D eigenvalue weighted by Crippen LogP contribution is -2.54. The minimum absolute atomic E-state index is 0.00450. The summed E-state index contributed by atoms with van der Waals surface area (Å²) in [5.74, 6) is 1.17. The minimum atomic E-state index is -0.00450. The van der Waals surface area contributed by atoms with Crippen LogP contribution < -0.4 is 21.6 Å². The van der Waals surface area contributed by atoms with Crippen LogP contribution in [0.5, 0.6) is 0 Å². The number of hydrogen-bond acceptors (Lipinski definition) is 6. The van der Waals surface area contributed by atoms with Gasteiger partial charge in [-0.15, -0.1) is 0 Å². The standard InChI is InChI=1S/C26H36BrClN6O/c1-16-4-3-5-24(22-10-17(8-9-29-22)26-23(30-13-16)14-32-33(26)2)34-15-31-21(12-25(34)35)19-11-18(28)6-7-20(19)27/h6-7,11-12,15-17,22-24,26,29-30,32H,3-5,8-10,13-14H2,1-2H3/t16-,17?,22?,23?,24+,26?/m1/s1. The van der Waals surface area contributed by atoms with Crippen LogP contribution >= 0.6 is 27.5 Å². The van der Waals surface area contributed by atoms with Gasteiger partial charge in [0.2, 0.25) is 0 Å². The van der Waals surface area contributed by atoms with E-state index in [-0.39, 0.29) is 17.6 Å². The second-order valence-electron chi connectivity index (χ2n) is 10.6. The molecule has 4 unspecified atom stereocenters. The molecule has 4 heterocycles. The van der Waals surface area contributed by atoms with Crippen LogP contribution in [0.25, 0.3) is 11.3 Å². The number of hydrogen-bond donors (Lipinski definition) is 3. The van der Waals surface area contributed by atoms with E-state index in [4.69, 9.17) is 16.6 Å². The highest BCUT2D eigenvalue weighted by atomic mass is 79.9. The predicted molar refractivity (Wildman–Crippen MR) is 145 cm³/mol. The van der Waals surface area contributed by atoms with E-state index in [0.29, 0.717) is 34.6 Å². The van der Waals surface area contributed by atoms with Crippen molar-refractivity contribution >= 4 is 27.5 Å². The number of aromatic nitrogens is 2. The minimum Gasteiger partial charge on any atom is -0.312 e. The van der Waals surface area contributed by atoms with Gasteiger partial charge in [-0.1, -0.05) is 40.9 Å². The third-order valence-electron chi connectivity index (χ3n) is 8.17. The topological polar surface area (TPSA) is 74.2 Å². The first-order valence-corrected chi connectivity index (χ1v) is 14.0. The highest BCUT2D eigenvalue weighted by molar-refractivity contribution is 9.10. The quantitative estimate of drug-likeness (QED) is 0.516. The summed E-state index contributed by atoms with van der Waals surface area (Å²) in [7, 11) is 2.18. The summed E-state index contributed by atoms with van der Waals surface area (Å²) in [6.07, 6.45) is 7.18. The van der Waals surface area contributed by atoms with Crippen LogP contribution in [0, 0.1) is 11.8 Å². The number of piperidine rings is 1. The maximum atomic E-state index is 13.5. The zero-order valence-corrected chi connectivity index (χ0v) is 22.9. The molecule has 3 fully saturated rings. The van der Waals surface area contributed by atoms with Crippen LogP contribution in [0.15, 0.2) is 39.9 Å². The number of benzene rings is 1. The van der Waals surface area contributed by atoms with E-state index in [1.807, 2.05) is 22.8 Å².